The monoisotopic (exact) mass is 514 g/mol. The van der Waals surface area contributed by atoms with Gasteiger partial charge in [0.1, 0.15) is 0 Å². The summed E-state index contributed by atoms with van der Waals surface area (Å²) in [6.07, 6.45) is 2.98. The van der Waals surface area contributed by atoms with Crippen LogP contribution in [0.1, 0.15) is 107 Å². The van der Waals surface area contributed by atoms with Crippen molar-refractivity contribution in [2.24, 2.45) is 11.3 Å². The summed E-state index contributed by atoms with van der Waals surface area (Å²) in [4.78, 5) is 0. The zero-order valence-corrected chi connectivity index (χ0v) is 25.2. The van der Waals surface area contributed by atoms with Crippen molar-refractivity contribution < 1.29 is 10.2 Å². The van der Waals surface area contributed by atoms with E-state index in [2.05, 4.69) is 117 Å². The Morgan fingerprint density at radius 1 is 0.763 bits per heavy atom. The number of aryl methyl sites for hydroxylation is 3. The van der Waals surface area contributed by atoms with Crippen LogP contribution in [-0.4, -0.2) is 16.3 Å². The molecule has 0 bridgehead atoms. The van der Waals surface area contributed by atoms with Crippen LogP contribution >= 0.6 is 0 Å². The van der Waals surface area contributed by atoms with Gasteiger partial charge in [0.15, 0.2) is 0 Å². The Hall–Kier alpha value is -2.42. The van der Waals surface area contributed by atoms with E-state index >= 15 is 0 Å². The zero-order valence-electron chi connectivity index (χ0n) is 25.2. The Labute approximate surface area is 232 Å². The van der Waals surface area contributed by atoms with Crippen molar-refractivity contribution in [3.63, 3.8) is 0 Å². The first kappa shape index (κ1) is 30.1. The average molecular weight is 515 g/mol. The summed E-state index contributed by atoms with van der Waals surface area (Å²) >= 11 is 0. The fourth-order valence-electron chi connectivity index (χ4n) is 5.79. The first-order valence-corrected chi connectivity index (χ1v) is 14.5. The molecular formula is C36H50O2. The SMILES string of the molecule is CCC(CC)(c1ccc(CCC(O)C(C)(C)C)c(C)c1)c1ccc(-c2cccc(C(O)C(C)C)c2)c(C)c1. The Morgan fingerprint density at radius 3 is 1.89 bits per heavy atom. The quantitative estimate of drug-likeness (QED) is 0.283. The van der Waals surface area contributed by atoms with E-state index in [-0.39, 0.29) is 22.9 Å². The molecule has 3 aromatic carbocycles. The van der Waals surface area contributed by atoms with Crippen LogP contribution < -0.4 is 0 Å². The van der Waals surface area contributed by atoms with E-state index in [9.17, 15) is 10.2 Å². The Morgan fingerprint density at radius 2 is 1.37 bits per heavy atom. The molecule has 0 aliphatic rings. The number of benzene rings is 3. The largest absolute Gasteiger partial charge is 0.393 e. The van der Waals surface area contributed by atoms with Gasteiger partial charge in [0, 0.05) is 5.41 Å². The molecule has 2 unspecified atom stereocenters. The van der Waals surface area contributed by atoms with Gasteiger partial charge < -0.3 is 10.2 Å². The molecule has 2 atom stereocenters. The maximum Gasteiger partial charge on any atom is 0.0813 e. The molecule has 3 rings (SSSR count). The van der Waals surface area contributed by atoms with Crippen molar-refractivity contribution in [1.82, 2.24) is 0 Å². The summed E-state index contributed by atoms with van der Waals surface area (Å²) in [5.41, 5.74) is 9.83. The third-order valence-corrected chi connectivity index (χ3v) is 8.74. The van der Waals surface area contributed by atoms with Gasteiger partial charge in [-0.1, -0.05) is 103 Å². The number of rotatable bonds is 10. The van der Waals surface area contributed by atoms with E-state index < -0.39 is 6.10 Å². The summed E-state index contributed by atoms with van der Waals surface area (Å²) in [6.45, 7) is 19.4. The first-order valence-electron chi connectivity index (χ1n) is 14.5. The molecule has 0 amide bonds. The van der Waals surface area contributed by atoms with Crippen molar-refractivity contribution in [3.8, 4) is 11.1 Å². The van der Waals surface area contributed by atoms with Crippen LogP contribution in [0.15, 0.2) is 60.7 Å². The van der Waals surface area contributed by atoms with Crippen molar-refractivity contribution in [2.75, 3.05) is 0 Å². The number of aliphatic hydroxyl groups is 2. The van der Waals surface area contributed by atoms with Crippen LogP contribution in [0.5, 0.6) is 0 Å². The summed E-state index contributed by atoms with van der Waals surface area (Å²) in [5, 5.41) is 21.1. The van der Waals surface area contributed by atoms with Gasteiger partial charge in [-0.3, -0.25) is 0 Å². The normalized spacial score (nSPS) is 14.1. The van der Waals surface area contributed by atoms with Crippen molar-refractivity contribution >= 4 is 0 Å². The molecular weight excluding hydrogens is 464 g/mol. The van der Waals surface area contributed by atoms with Gasteiger partial charge in [0.05, 0.1) is 12.2 Å². The molecule has 2 N–H and O–H groups in total. The van der Waals surface area contributed by atoms with Crippen LogP contribution in [0.25, 0.3) is 11.1 Å². The summed E-state index contributed by atoms with van der Waals surface area (Å²) in [7, 11) is 0. The molecule has 0 spiro atoms. The molecule has 0 aliphatic carbocycles. The number of hydrogen-bond acceptors (Lipinski definition) is 2. The highest BCUT2D eigenvalue weighted by Crippen LogP contribution is 2.41. The lowest BCUT2D eigenvalue weighted by molar-refractivity contribution is 0.0560. The van der Waals surface area contributed by atoms with Gasteiger partial charge in [-0.2, -0.15) is 0 Å². The molecule has 2 nitrogen and oxygen atoms in total. The fourth-order valence-corrected chi connectivity index (χ4v) is 5.79. The summed E-state index contributed by atoms with van der Waals surface area (Å²) in [5.74, 6) is 0.182. The second-order valence-electron chi connectivity index (χ2n) is 12.7. The lowest BCUT2D eigenvalue weighted by Crippen LogP contribution is -2.27. The van der Waals surface area contributed by atoms with E-state index in [0.717, 1.165) is 36.8 Å². The molecule has 0 heterocycles. The molecule has 0 radical (unpaired) electrons. The van der Waals surface area contributed by atoms with E-state index in [4.69, 9.17) is 0 Å². The van der Waals surface area contributed by atoms with Crippen molar-refractivity contribution in [1.29, 1.82) is 0 Å². The predicted octanol–water partition coefficient (Wildman–Crippen LogP) is 9.11. The van der Waals surface area contributed by atoms with E-state index in [0.29, 0.717) is 0 Å². The van der Waals surface area contributed by atoms with Gasteiger partial charge in [0.25, 0.3) is 0 Å². The van der Waals surface area contributed by atoms with Crippen LogP contribution in [0.2, 0.25) is 0 Å². The van der Waals surface area contributed by atoms with Gasteiger partial charge in [-0.15, -0.1) is 0 Å². The minimum absolute atomic E-state index is 0.0484. The van der Waals surface area contributed by atoms with Crippen LogP contribution in [0.3, 0.4) is 0 Å². The minimum atomic E-state index is -0.453. The molecule has 0 aliphatic heterocycles. The zero-order chi connectivity index (χ0) is 28.3. The van der Waals surface area contributed by atoms with E-state index in [1.807, 2.05) is 6.07 Å². The Kier molecular flexibility index (Phi) is 9.66. The van der Waals surface area contributed by atoms with Crippen molar-refractivity contribution in [3.05, 3.63) is 94.0 Å². The predicted molar refractivity (Wildman–Crippen MR) is 163 cm³/mol. The van der Waals surface area contributed by atoms with Gasteiger partial charge in [-0.05, 0) is 101 Å². The molecule has 206 valence electrons. The Balaban J connectivity index is 1.94. The highest BCUT2D eigenvalue weighted by atomic mass is 16.3. The highest BCUT2D eigenvalue weighted by Gasteiger charge is 2.31. The summed E-state index contributed by atoms with van der Waals surface area (Å²) < 4.78 is 0. The van der Waals surface area contributed by atoms with Gasteiger partial charge >= 0.3 is 0 Å². The summed E-state index contributed by atoms with van der Waals surface area (Å²) in [6, 6.07) is 22.3. The first-order chi connectivity index (χ1) is 17.8. The number of hydrogen-bond donors (Lipinski definition) is 2. The lowest BCUT2D eigenvalue weighted by atomic mass is 9.69. The number of aliphatic hydroxyl groups excluding tert-OH is 2. The molecule has 38 heavy (non-hydrogen) atoms. The van der Waals surface area contributed by atoms with E-state index in [1.165, 1.54) is 33.4 Å². The fraction of sp³-hybridized carbons (Fsp3) is 0.500. The smallest absolute Gasteiger partial charge is 0.0813 e. The highest BCUT2D eigenvalue weighted by molar-refractivity contribution is 5.69. The standard InChI is InChI=1S/C36H50O2/c1-10-36(11-2,30-17-15-27(25(5)21-30)16-20-33(37)35(7,8)9)31-18-19-32(26(6)22-31)28-13-12-14-29(23-28)34(38)24(3)4/h12-15,17-19,21-24,33-34,37-38H,10-11,16,20H2,1-9H3. The average Bonchev–Trinajstić information content (AvgIpc) is 2.88. The van der Waals surface area contributed by atoms with Gasteiger partial charge in [-0.25, -0.2) is 0 Å². The molecule has 0 aromatic heterocycles. The third kappa shape index (κ3) is 6.41. The van der Waals surface area contributed by atoms with Crippen molar-refractivity contribution in [2.45, 2.75) is 106 Å². The third-order valence-electron chi connectivity index (χ3n) is 8.74. The maximum atomic E-state index is 10.6. The molecule has 0 saturated carbocycles. The minimum Gasteiger partial charge on any atom is -0.393 e. The molecule has 3 aromatic rings. The van der Waals surface area contributed by atoms with E-state index in [1.54, 1.807) is 0 Å². The van der Waals surface area contributed by atoms with Crippen LogP contribution in [0, 0.1) is 25.2 Å². The lowest BCUT2D eigenvalue weighted by Gasteiger charge is -2.34. The second-order valence-corrected chi connectivity index (χ2v) is 12.7. The molecule has 2 heteroatoms. The maximum absolute atomic E-state index is 10.6. The topological polar surface area (TPSA) is 40.5 Å². The molecule has 0 saturated heterocycles. The van der Waals surface area contributed by atoms with Gasteiger partial charge in [0.2, 0.25) is 0 Å². The second kappa shape index (κ2) is 12.2. The molecule has 0 fully saturated rings. The Bertz CT molecular complexity index is 1210. The van der Waals surface area contributed by atoms with Crippen LogP contribution in [-0.2, 0) is 11.8 Å². The van der Waals surface area contributed by atoms with Crippen LogP contribution in [0.4, 0.5) is 0 Å².